The van der Waals surface area contributed by atoms with Crippen molar-refractivity contribution in [2.75, 3.05) is 13.1 Å². The number of piperidine rings is 1. The van der Waals surface area contributed by atoms with Gasteiger partial charge in [0.1, 0.15) is 0 Å². The fourth-order valence-electron chi connectivity index (χ4n) is 2.74. The van der Waals surface area contributed by atoms with Crippen LogP contribution < -0.4 is 5.48 Å². The lowest BCUT2D eigenvalue weighted by Crippen LogP contribution is -2.43. The van der Waals surface area contributed by atoms with Gasteiger partial charge in [0.05, 0.1) is 16.6 Å². The van der Waals surface area contributed by atoms with Crippen molar-refractivity contribution in [3.05, 3.63) is 29.8 Å². The number of nitrogens with zero attached hydrogens (tertiary/aromatic N) is 1. The maximum Gasteiger partial charge on any atom is 0.416 e. The lowest BCUT2D eigenvalue weighted by Gasteiger charge is -2.30. The zero-order valence-electron chi connectivity index (χ0n) is 13.8. The number of rotatable bonds is 5. The highest BCUT2D eigenvalue weighted by Crippen LogP contribution is 2.32. The van der Waals surface area contributed by atoms with E-state index in [0.717, 1.165) is 35.3 Å². The summed E-state index contributed by atoms with van der Waals surface area (Å²) in [5, 5.41) is 0. The summed E-state index contributed by atoms with van der Waals surface area (Å²) in [4.78, 5) is 16.5. The number of hydrogen-bond acceptors (Lipinski definition) is 4. The zero-order chi connectivity index (χ0) is 18.9. The molecule has 1 aromatic rings. The van der Waals surface area contributed by atoms with Gasteiger partial charge in [-0.3, -0.25) is 9.63 Å². The van der Waals surface area contributed by atoms with Crippen LogP contribution in [0.3, 0.4) is 0 Å². The van der Waals surface area contributed by atoms with Gasteiger partial charge >= 0.3 is 6.18 Å². The van der Waals surface area contributed by atoms with E-state index < -0.39 is 21.8 Å². The van der Waals surface area contributed by atoms with Crippen LogP contribution in [0.25, 0.3) is 0 Å². The molecule has 1 N–H and O–H groups in total. The number of hydrogen-bond donors (Lipinski definition) is 1. The Morgan fingerprint density at radius 2 is 1.81 bits per heavy atom. The van der Waals surface area contributed by atoms with Gasteiger partial charge in [0.15, 0.2) is 0 Å². The molecule has 0 radical (unpaired) electrons. The van der Waals surface area contributed by atoms with Crippen LogP contribution >= 0.6 is 0 Å². The average Bonchev–Trinajstić information content (AvgIpc) is 3.44. The molecule has 1 amide bonds. The van der Waals surface area contributed by atoms with E-state index >= 15 is 0 Å². The van der Waals surface area contributed by atoms with Gasteiger partial charge in [0.25, 0.3) is 0 Å². The molecule has 1 aliphatic heterocycles. The molecule has 0 unspecified atom stereocenters. The van der Waals surface area contributed by atoms with Gasteiger partial charge in [-0.05, 0) is 43.9 Å². The second-order valence-electron chi connectivity index (χ2n) is 6.49. The van der Waals surface area contributed by atoms with E-state index in [1.165, 1.54) is 0 Å². The maximum atomic E-state index is 12.8. The molecule has 2 fully saturated rings. The van der Waals surface area contributed by atoms with Crippen LogP contribution in [0.1, 0.15) is 31.2 Å². The lowest BCUT2D eigenvalue weighted by molar-refractivity contribution is -0.141. The fourth-order valence-corrected chi connectivity index (χ4v) is 4.26. The van der Waals surface area contributed by atoms with Crippen LogP contribution in [0.2, 0.25) is 0 Å². The zero-order valence-corrected chi connectivity index (χ0v) is 14.6. The molecule has 1 heterocycles. The molecule has 0 atom stereocenters. The van der Waals surface area contributed by atoms with E-state index in [-0.39, 0.29) is 35.9 Å². The van der Waals surface area contributed by atoms with Crippen molar-refractivity contribution in [2.45, 2.75) is 42.9 Å². The Hall–Kier alpha value is -1.65. The van der Waals surface area contributed by atoms with E-state index in [4.69, 9.17) is 4.84 Å². The molecule has 1 saturated heterocycles. The molecule has 1 aliphatic carbocycles. The van der Waals surface area contributed by atoms with E-state index in [9.17, 15) is 26.4 Å². The average molecular weight is 392 g/mol. The minimum absolute atomic E-state index is 0.0105. The van der Waals surface area contributed by atoms with Gasteiger partial charge < -0.3 is 0 Å². The van der Waals surface area contributed by atoms with E-state index in [2.05, 4.69) is 5.48 Å². The molecule has 0 bridgehead atoms. The number of nitrogens with one attached hydrogen (secondary N) is 1. The number of sulfonamides is 1. The number of carbonyl (C=O) groups excluding carboxylic acids is 1. The third-order valence-electron chi connectivity index (χ3n) is 4.47. The van der Waals surface area contributed by atoms with Crippen LogP contribution in [-0.2, 0) is 25.8 Å². The van der Waals surface area contributed by atoms with Crippen LogP contribution in [0.5, 0.6) is 0 Å². The maximum absolute atomic E-state index is 12.8. The lowest BCUT2D eigenvalue weighted by atomic mass is 10.1. The Bertz CT molecular complexity index is 770. The molecule has 10 heteroatoms. The standard InChI is InChI=1S/C16H19F3N2O4S/c17-16(18,19)12-2-1-3-14(10-12)26(23,24)21-8-6-13(7-9-21)25-20-15(22)11-4-5-11/h1-3,10-11,13H,4-9H2,(H,20,22). The molecular formula is C16H19F3N2O4S. The second kappa shape index (κ2) is 7.16. The Morgan fingerprint density at radius 1 is 1.15 bits per heavy atom. The first-order valence-electron chi connectivity index (χ1n) is 8.31. The Morgan fingerprint density at radius 3 is 2.38 bits per heavy atom. The van der Waals surface area contributed by atoms with Crippen LogP contribution in [-0.4, -0.2) is 37.8 Å². The molecule has 2 aliphatic rings. The van der Waals surface area contributed by atoms with E-state index in [0.29, 0.717) is 18.9 Å². The summed E-state index contributed by atoms with van der Waals surface area (Å²) in [5.41, 5.74) is 1.39. The predicted molar refractivity (Wildman–Crippen MR) is 85.2 cm³/mol. The molecule has 1 saturated carbocycles. The normalized spacial score (nSPS) is 20.1. The smallest absolute Gasteiger partial charge is 0.273 e. The molecule has 1 aromatic carbocycles. The topological polar surface area (TPSA) is 75.7 Å². The first-order valence-corrected chi connectivity index (χ1v) is 9.75. The van der Waals surface area contributed by atoms with Gasteiger partial charge in [-0.2, -0.15) is 17.5 Å². The summed E-state index contributed by atoms with van der Waals surface area (Å²) in [7, 11) is -4.01. The van der Waals surface area contributed by atoms with Gasteiger partial charge in [-0.25, -0.2) is 13.9 Å². The number of amides is 1. The summed E-state index contributed by atoms with van der Waals surface area (Å²) < 4.78 is 64.7. The predicted octanol–water partition coefficient (Wildman–Crippen LogP) is 2.32. The minimum Gasteiger partial charge on any atom is -0.273 e. The molecule has 0 spiro atoms. The van der Waals surface area contributed by atoms with Crippen molar-refractivity contribution in [3.8, 4) is 0 Å². The molecular weight excluding hydrogens is 373 g/mol. The Balaban J connectivity index is 1.60. The van der Waals surface area contributed by atoms with Gasteiger partial charge in [-0.1, -0.05) is 6.07 Å². The Labute approximate surface area is 149 Å². The van der Waals surface area contributed by atoms with Crippen molar-refractivity contribution in [3.63, 3.8) is 0 Å². The quantitative estimate of drug-likeness (QED) is 0.781. The highest BCUT2D eigenvalue weighted by atomic mass is 32.2. The van der Waals surface area contributed by atoms with Crippen LogP contribution in [0.4, 0.5) is 13.2 Å². The molecule has 0 aromatic heterocycles. The monoisotopic (exact) mass is 392 g/mol. The van der Waals surface area contributed by atoms with E-state index in [1.807, 2.05) is 0 Å². The summed E-state index contributed by atoms with van der Waals surface area (Å²) in [6.07, 6.45) is -2.52. The van der Waals surface area contributed by atoms with Crippen molar-refractivity contribution in [1.29, 1.82) is 0 Å². The van der Waals surface area contributed by atoms with Crippen molar-refractivity contribution >= 4 is 15.9 Å². The number of halogens is 3. The van der Waals surface area contributed by atoms with Crippen molar-refractivity contribution < 1.29 is 31.2 Å². The number of carbonyl (C=O) groups is 1. The van der Waals surface area contributed by atoms with Gasteiger partial charge in [-0.15, -0.1) is 0 Å². The van der Waals surface area contributed by atoms with Crippen molar-refractivity contribution in [2.24, 2.45) is 5.92 Å². The van der Waals surface area contributed by atoms with E-state index in [1.54, 1.807) is 0 Å². The SMILES string of the molecule is O=C(NOC1CCN(S(=O)(=O)c2cccc(C(F)(F)F)c2)CC1)C1CC1. The summed E-state index contributed by atoms with van der Waals surface area (Å²) in [5.74, 6) is -0.152. The first-order chi connectivity index (χ1) is 12.2. The molecule has 26 heavy (non-hydrogen) atoms. The fraction of sp³-hybridized carbons (Fsp3) is 0.562. The third-order valence-corrected chi connectivity index (χ3v) is 6.37. The number of benzene rings is 1. The third kappa shape index (κ3) is 4.36. The highest BCUT2D eigenvalue weighted by molar-refractivity contribution is 7.89. The van der Waals surface area contributed by atoms with Crippen LogP contribution in [0.15, 0.2) is 29.2 Å². The Kier molecular flexibility index (Phi) is 5.27. The second-order valence-corrected chi connectivity index (χ2v) is 8.43. The molecule has 6 nitrogen and oxygen atoms in total. The molecule has 144 valence electrons. The number of alkyl halides is 3. The largest absolute Gasteiger partial charge is 0.416 e. The summed E-state index contributed by atoms with van der Waals surface area (Å²) >= 11 is 0. The minimum atomic E-state index is -4.61. The van der Waals surface area contributed by atoms with Crippen molar-refractivity contribution in [1.82, 2.24) is 9.79 Å². The molecule has 3 rings (SSSR count). The van der Waals surface area contributed by atoms with Crippen LogP contribution in [0, 0.1) is 5.92 Å². The van der Waals surface area contributed by atoms with Gasteiger partial charge in [0, 0.05) is 19.0 Å². The number of hydroxylamine groups is 1. The first kappa shape index (κ1) is 19.1. The van der Waals surface area contributed by atoms with Gasteiger partial charge in [0.2, 0.25) is 15.9 Å². The summed E-state index contributed by atoms with van der Waals surface area (Å²) in [6.45, 7) is 0.227. The summed E-state index contributed by atoms with van der Waals surface area (Å²) in [6, 6.07) is 3.72. The highest BCUT2D eigenvalue weighted by Gasteiger charge is 2.35.